The molecule has 0 saturated carbocycles. The van der Waals surface area contributed by atoms with Crippen LogP contribution in [-0.2, 0) is 19.6 Å². The van der Waals surface area contributed by atoms with Gasteiger partial charge in [0.15, 0.2) is 6.61 Å². The topological polar surface area (TPSA) is 102 Å². The van der Waals surface area contributed by atoms with E-state index in [1.165, 1.54) is 41.7 Å². The molecule has 10 heteroatoms. The van der Waals surface area contributed by atoms with Gasteiger partial charge in [-0.25, -0.2) is 17.6 Å². The predicted molar refractivity (Wildman–Crippen MR) is 108 cm³/mol. The lowest BCUT2D eigenvalue weighted by Crippen LogP contribution is -2.31. The second kappa shape index (κ2) is 10.2. The van der Waals surface area contributed by atoms with Gasteiger partial charge in [0.1, 0.15) is 16.5 Å². The molecule has 1 amide bonds. The highest BCUT2D eigenvalue weighted by Crippen LogP contribution is 2.28. The van der Waals surface area contributed by atoms with Crippen molar-refractivity contribution in [2.75, 3.05) is 32.1 Å². The average molecular weight is 438 g/mol. The van der Waals surface area contributed by atoms with Gasteiger partial charge in [-0.2, -0.15) is 4.31 Å². The standard InChI is InChI=1S/C20H23FN2O6S/c1-4-23(5-2)30(26,27)18-11-14(9-10-17(18)28-3)20(25)29-13-19(24)22-16-8-6-7-15(21)12-16/h6-12H,4-5,13H2,1-3H3,(H,22,24). The zero-order valence-corrected chi connectivity index (χ0v) is 17.7. The summed E-state index contributed by atoms with van der Waals surface area (Å²) >= 11 is 0. The molecule has 30 heavy (non-hydrogen) atoms. The molecule has 0 fully saturated rings. The van der Waals surface area contributed by atoms with Crippen molar-refractivity contribution in [3.63, 3.8) is 0 Å². The van der Waals surface area contributed by atoms with E-state index in [9.17, 15) is 22.4 Å². The number of carbonyl (C=O) groups excluding carboxylic acids is 2. The number of halogens is 1. The third kappa shape index (κ3) is 5.55. The van der Waals surface area contributed by atoms with Gasteiger partial charge in [0.25, 0.3) is 5.91 Å². The number of esters is 1. The van der Waals surface area contributed by atoms with Crippen LogP contribution in [0.1, 0.15) is 24.2 Å². The molecule has 1 N–H and O–H groups in total. The molecule has 2 rings (SSSR count). The van der Waals surface area contributed by atoms with Gasteiger partial charge in [-0.3, -0.25) is 4.79 Å². The van der Waals surface area contributed by atoms with E-state index in [0.29, 0.717) is 0 Å². The Bertz CT molecular complexity index is 1020. The van der Waals surface area contributed by atoms with Gasteiger partial charge in [0.05, 0.1) is 12.7 Å². The van der Waals surface area contributed by atoms with E-state index in [-0.39, 0.29) is 35.0 Å². The average Bonchev–Trinajstić information content (AvgIpc) is 2.72. The molecule has 162 valence electrons. The lowest BCUT2D eigenvalue weighted by atomic mass is 10.2. The third-order valence-electron chi connectivity index (χ3n) is 4.17. The summed E-state index contributed by atoms with van der Waals surface area (Å²) < 4.78 is 50.2. The van der Waals surface area contributed by atoms with Crippen molar-refractivity contribution in [2.24, 2.45) is 0 Å². The van der Waals surface area contributed by atoms with Gasteiger partial charge >= 0.3 is 5.97 Å². The molecule has 0 aliphatic rings. The Hall–Kier alpha value is -2.98. The summed E-state index contributed by atoms with van der Waals surface area (Å²) in [5.74, 6) is -1.99. The van der Waals surface area contributed by atoms with Crippen molar-refractivity contribution in [1.82, 2.24) is 4.31 Å². The molecule has 2 aromatic rings. The normalized spacial score (nSPS) is 11.2. The molecule has 0 saturated heterocycles. The zero-order chi connectivity index (χ0) is 22.3. The maximum atomic E-state index is 13.2. The maximum absolute atomic E-state index is 13.2. The molecule has 0 heterocycles. The summed E-state index contributed by atoms with van der Waals surface area (Å²) in [6, 6.07) is 9.09. The molecular formula is C20H23FN2O6S. The zero-order valence-electron chi connectivity index (χ0n) is 16.8. The van der Waals surface area contributed by atoms with Gasteiger partial charge < -0.3 is 14.8 Å². The Labute approximate surface area is 174 Å². The molecular weight excluding hydrogens is 415 g/mol. The van der Waals surface area contributed by atoms with Gasteiger partial charge in [0.2, 0.25) is 10.0 Å². The van der Waals surface area contributed by atoms with Crippen LogP contribution < -0.4 is 10.1 Å². The van der Waals surface area contributed by atoms with Crippen molar-refractivity contribution in [3.8, 4) is 5.75 Å². The highest BCUT2D eigenvalue weighted by atomic mass is 32.2. The number of sulfonamides is 1. The number of methoxy groups -OCH3 is 1. The summed E-state index contributed by atoms with van der Waals surface area (Å²) in [5.41, 5.74) is 0.160. The van der Waals surface area contributed by atoms with Crippen LogP contribution in [0.15, 0.2) is 47.4 Å². The van der Waals surface area contributed by atoms with E-state index >= 15 is 0 Å². The van der Waals surface area contributed by atoms with Gasteiger partial charge in [0, 0.05) is 18.8 Å². The molecule has 0 radical (unpaired) electrons. The first-order valence-electron chi connectivity index (χ1n) is 9.13. The first kappa shape index (κ1) is 23.3. The second-order valence-electron chi connectivity index (χ2n) is 6.09. The quantitative estimate of drug-likeness (QED) is 0.604. The van der Waals surface area contributed by atoms with E-state index in [4.69, 9.17) is 9.47 Å². The lowest BCUT2D eigenvalue weighted by Gasteiger charge is -2.20. The predicted octanol–water partition coefficient (Wildman–Crippen LogP) is 2.66. The van der Waals surface area contributed by atoms with E-state index in [1.807, 2.05) is 0 Å². The van der Waals surface area contributed by atoms with E-state index in [2.05, 4.69) is 5.32 Å². The van der Waals surface area contributed by atoms with Crippen LogP contribution in [0, 0.1) is 5.82 Å². The number of hydrogen-bond donors (Lipinski definition) is 1. The smallest absolute Gasteiger partial charge is 0.338 e. The Balaban J connectivity index is 2.15. The summed E-state index contributed by atoms with van der Waals surface area (Å²) in [7, 11) is -2.57. The van der Waals surface area contributed by atoms with Gasteiger partial charge in [-0.05, 0) is 36.4 Å². The molecule has 0 aliphatic carbocycles. The number of nitrogens with one attached hydrogen (secondary N) is 1. The molecule has 2 aromatic carbocycles. The fourth-order valence-corrected chi connectivity index (χ4v) is 4.33. The largest absolute Gasteiger partial charge is 0.495 e. The molecule has 0 aliphatic heterocycles. The van der Waals surface area contributed by atoms with Crippen LogP contribution in [0.2, 0.25) is 0 Å². The van der Waals surface area contributed by atoms with Crippen LogP contribution >= 0.6 is 0 Å². The minimum absolute atomic E-state index is 0.0555. The van der Waals surface area contributed by atoms with E-state index < -0.39 is 34.3 Å². The number of anilines is 1. The maximum Gasteiger partial charge on any atom is 0.338 e. The van der Waals surface area contributed by atoms with Crippen LogP contribution in [0.4, 0.5) is 10.1 Å². The Kier molecular flexibility index (Phi) is 7.90. The Morgan fingerprint density at radius 3 is 2.40 bits per heavy atom. The van der Waals surface area contributed by atoms with E-state index in [0.717, 1.165) is 12.1 Å². The summed E-state index contributed by atoms with van der Waals surface area (Å²) in [4.78, 5) is 24.1. The van der Waals surface area contributed by atoms with Crippen molar-refractivity contribution in [3.05, 3.63) is 53.8 Å². The molecule has 0 spiro atoms. The molecule has 0 unspecified atom stereocenters. The SMILES string of the molecule is CCN(CC)S(=O)(=O)c1cc(C(=O)OCC(=O)Nc2cccc(F)c2)ccc1OC. The van der Waals surface area contributed by atoms with Crippen LogP contribution in [0.25, 0.3) is 0 Å². The molecule has 8 nitrogen and oxygen atoms in total. The molecule has 0 bridgehead atoms. The Morgan fingerprint density at radius 2 is 1.80 bits per heavy atom. The first-order chi connectivity index (χ1) is 14.2. The fraction of sp³-hybridized carbons (Fsp3) is 0.300. The number of nitrogens with zero attached hydrogens (tertiary/aromatic N) is 1. The number of ether oxygens (including phenoxy) is 2. The van der Waals surface area contributed by atoms with Crippen molar-refractivity contribution >= 4 is 27.6 Å². The van der Waals surface area contributed by atoms with Crippen LogP contribution in [0.5, 0.6) is 5.75 Å². The lowest BCUT2D eigenvalue weighted by molar-refractivity contribution is -0.119. The van der Waals surface area contributed by atoms with Crippen molar-refractivity contribution < 1.29 is 31.9 Å². The summed E-state index contributed by atoms with van der Waals surface area (Å²) in [6.07, 6.45) is 0. The van der Waals surface area contributed by atoms with Gasteiger partial charge in [-0.15, -0.1) is 0 Å². The number of amides is 1. The minimum Gasteiger partial charge on any atom is -0.495 e. The van der Waals surface area contributed by atoms with Crippen molar-refractivity contribution in [2.45, 2.75) is 18.7 Å². The highest BCUT2D eigenvalue weighted by Gasteiger charge is 2.27. The number of rotatable bonds is 9. The van der Waals surface area contributed by atoms with E-state index in [1.54, 1.807) is 13.8 Å². The monoisotopic (exact) mass is 438 g/mol. The van der Waals surface area contributed by atoms with Crippen molar-refractivity contribution in [1.29, 1.82) is 0 Å². The van der Waals surface area contributed by atoms with Crippen LogP contribution in [-0.4, -0.2) is 51.4 Å². The Morgan fingerprint density at radius 1 is 1.10 bits per heavy atom. The number of benzene rings is 2. The first-order valence-corrected chi connectivity index (χ1v) is 10.6. The number of carbonyl (C=O) groups is 2. The molecule has 0 aromatic heterocycles. The second-order valence-corrected chi connectivity index (χ2v) is 8.00. The van der Waals surface area contributed by atoms with Gasteiger partial charge in [-0.1, -0.05) is 19.9 Å². The minimum atomic E-state index is -3.89. The van der Waals surface area contributed by atoms with Crippen LogP contribution in [0.3, 0.4) is 0 Å². The fourth-order valence-electron chi connectivity index (χ4n) is 2.69. The number of hydrogen-bond acceptors (Lipinski definition) is 6. The summed E-state index contributed by atoms with van der Waals surface area (Å²) in [5, 5.41) is 2.39. The third-order valence-corrected chi connectivity index (χ3v) is 6.24. The summed E-state index contributed by atoms with van der Waals surface area (Å²) in [6.45, 7) is 3.26. The molecule has 0 atom stereocenters. The highest BCUT2D eigenvalue weighted by molar-refractivity contribution is 7.89.